The topological polar surface area (TPSA) is 113 Å². The van der Waals surface area contributed by atoms with Crippen LogP contribution in [0, 0.1) is 10.1 Å². The SMILES string of the molecule is CC(C)(C)NC(=O)c1cccc(NC(=S)NC(=O)/C=C/c2ccc([N+](=O)[O-])cc2)c1. The maximum absolute atomic E-state index is 12.3. The van der Waals surface area contributed by atoms with Gasteiger partial charge in [-0.25, -0.2) is 0 Å². The Morgan fingerprint density at radius 3 is 2.37 bits per heavy atom. The highest BCUT2D eigenvalue weighted by Crippen LogP contribution is 2.13. The second-order valence-electron chi connectivity index (χ2n) is 7.41. The fourth-order valence-corrected chi connectivity index (χ4v) is 2.56. The second kappa shape index (κ2) is 9.75. The molecule has 0 spiro atoms. The Labute approximate surface area is 179 Å². The summed E-state index contributed by atoms with van der Waals surface area (Å²) >= 11 is 5.13. The fourth-order valence-electron chi connectivity index (χ4n) is 2.35. The Balaban J connectivity index is 1.93. The molecule has 2 aromatic carbocycles. The van der Waals surface area contributed by atoms with E-state index in [9.17, 15) is 19.7 Å². The van der Waals surface area contributed by atoms with Crippen molar-refractivity contribution >= 4 is 46.6 Å². The van der Waals surface area contributed by atoms with Crippen molar-refractivity contribution in [3.8, 4) is 0 Å². The van der Waals surface area contributed by atoms with E-state index in [1.807, 2.05) is 20.8 Å². The number of nitro groups is 1. The monoisotopic (exact) mass is 426 g/mol. The van der Waals surface area contributed by atoms with Gasteiger partial charge in [-0.3, -0.25) is 25.0 Å². The molecule has 2 rings (SSSR count). The van der Waals surface area contributed by atoms with E-state index < -0.39 is 10.8 Å². The van der Waals surface area contributed by atoms with Crippen LogP contribution in [-0.4, -0.2) is 27.4 Å². The summed E-state index contributed by atoms with van der Waals surface area (Å²) in [5.74, 6) is -0.681. The number of benzene rings is 2. The molecule has 0 aliphatic rings. The zero-order chi connectivity index (χ0) is 22.3. The van der Waals surface area contributed by atoms with Crippen molar-refractivity contribution in [3.63, 3.8) is 0 Å². The van der Waals surface area contributed by atoms with Crippen molar-refractivity contribution in [3.05, 3.63) is 75.8 Å². The Bertz CT molecular complexity index is 995. The molecule has 3 N–H and O–H groups in total. The van der Waals surface area contributed by atoms with Crippen LogP contribution in [0.5, 0.6) is 0 Å². The lowest BCUT2D eigenvalue weighted by Gasteiger charge is -2.20. The van der Waals surface area contributed by atoms with E-state index in [4.69, 9.17) is 12.2 Å². The maximum Gasteiger partial charge on any atom is 0.269 e. The summed E-state index contributed by atoms with van der Waals surface area (Å²) in [4.78, 5) is 34.4. The van der Waals surface area contributed by atoms with Crippen LogP contribution in [0.2, 0.25) is 0 Å². The molecule has 30 heavy (non-hydrogen) atoms. The van der Waals surface area contributed by atoms with Gasteiger partial charge in [0.1, 0.15) is 0 Å². The summed E-state index contributed by atoms with van der Waals surface area (Å²) in [6.45, 7) is 5.67. The Kier molecular flexibility index (Phi) is 7.38. The summed E-state index contributed by atoms with van der Waals surface area (Å²) in [7, 11) is 0. The molecular formula is C21H22N4O4S. The third-order valence-corrected chi connectivity index (χ3v) is 3.84. The Morgan fingerprint density at radius 2 is 1.77 bits per heavy atom. The van der Waals surface area contributed by atoms with E-state index in [1.165, 1.54) is 36.4 Å². The lowest BCUT2D eigenvalue weighted by atomic mass is 10.1. The summed E-state index contributed by atoms with van der Waals surface area (Å²) in [6.07, 6.45) is 2.78. The molecule has 0 aliphatic carbocycles. The van der Waals surface area contributed by atoms with Gasteiger partial charge in [0, 0.05) is 35.0 Å². The van der Waals surface area contributed by atoms with E-state index in [1.54, 1.807) is 24.3 Å². The van der Waals surface area contributed by atoms with Gasteiger partial charge >= 0.3 is 0 Å². The Morgan fingerprint density at radius 1 is 1.10 bits per heavy atom. The van der Waals surface area contributed by atoms with E-state index in [0.29, 0.717) is 16.8 Å². The van der Waals surface area contributed by atoms with Crippen molar-refractivity contribution in [2.75, 3.05) is 5.32 Å². The number of hydrogen-bond donors (Lipinski definition) is 3. The van der Waals surface area contributed by atoms with Crippen LogP contribution in [0.25, 0.3) is 6.08 Å². The molecule has 0 aliphatic heterocycles. The van der Waals surface area contributed by atoms with Crippen LogP contribution in [0.15, 0.2) is 54.6 Å². The van der Waals surface area contributed by atoms with Crippen molar-refractivity contribution in [1.82, 2.24) is 10.6 Å². The third-order valence-electron chi connectivity index (χ3n) is 3.64. The van der Waals surface area contributed by atoms with Gasteiger partial charge in [0.25, 0.3) is 11.6 Å². The molecular weight excluding hydrogens is 404 g/mol. The molecule has 9 heteroatoms. The van der Waals surface area contributed by atoms with E-state index in [2.05, 4.69) is 16.0 Å². The highest BCUT2D eigenvalue weighted by atomic mass is 32.1. The van der Waals surface area contributed by atoms with Crippen molar-refractivity contribution < 1.29 is 14.5 Å². The van der Waals surface area contributed by atoms with E-state index in [-0.39, 0.29) is 22.2 Å². The number of nitrogens with zero attached hydrogens (tertiary/aromatic N) is 1. The van der Waals surface area contributed by atoms with Crippen LogP contribution in [-0.2, 0) is 4.79 Å². The number of anilines is 1. The molecule has 2 aromatic rings. The number of non-ortho nitro benzene ring substituents is 1. The number of carbonyl (C=O) groups is 2. The van der Waals surface area contributed by atoms with Gasteiger partial charge in [-0.05, 0) is 75.0 Å². The highest BCUT2D eigenvalue weighted by Gasteiger charge is 2.15. The molecule has 2 amide bonds. The quantitative estimate of drug-likeness (QED) is 0.291. The fraction of sp³-hybridized carbons (Fsp3) is 0.190. The van der Waals surface area contributed by atoms with Crippen LogP contribution in [0.3, 0.4) is 0 Å². The predicted octanol–water partition coefficient (Wildman–Crippen LogP) is 3.65. The van der Waals surface area contributed by atoms with Crippen LogP contribution in [0.4, 0.5) is 11.4 Å². The second-order valence-corrected chi connectivity index (χ2v) is 7.82. The lowest BCUT2D eigenvalue weighted by Crippen LogP contribution is -2.40. The molecule has 0 atom stereocenters. The molecule has 0 fully saturated rings. The standard InChI is InChI=1S/C21H22N4O4S/c1-21(2,3)24-19(27)15-5-4-6-16(13-15)22-20(30)23-18(26)12-9-14-7-10-17(11-8-14)25(28)29/h4-13H,1-3H3,(H,24,27)(H2,22,23,26,30)/b12-9+. The summed E-state index contributed by atoms with van der Waals surface area (Å²) < 4.78 is 0. The predicted molar refractivity (Wildman–Crippen MR) is 120 cm³/mol. The molecule has 0 saturated heterocycles. The lowest BCUT2D eigenvalue weighted by molar-refractivity contribution is -0.384. The van der Waals surface area contributed by atoms with Crippen LogP contribution in [0.1, 0.15) is 36.7 Å². The number of amides is 2. The van der Waals surface area contributed by atoms with Gasteiger partial charge in [-0.2, -0.15) is 0 Å². The average molecular weight is 426 g/mol. The minimum absolute atomic E-state index is 0.0274. The summed E-state index contributed by atoms with van der Waals surface area (Å²) in [5.41, 5.74) is 1.26. The zero-order valence-corrected chi connectivity index (χ0v) is 17.6. The molecule has 0 aromatic heterocycles. The number of nitrogens with one attached hydrogen (secondary N) is 3. The number of carbonyl (C=O) groups excluding carboxylic acids is 2. The molecule has 0 radical (unpaired) electrons. The molecule has 156 valence electrons. The minimum Gasteiger partial charge on any atom is -0.347 e. The third kappa shape index (κ3) is 7.44. The van der Waals surface area contributed by atoms with Gasteiger partial charge in [-0.15, -0.1) is 0 Å². The average Bonchev–Trinajstić information content (AvgIpc) is 2.65. The number of thiocarbonyl (C=S) groups is 1. The minimum atomic E-state index is -0.494. The first kappa shape index (κ1) is 22.7. The molecule has 8 nitrogen and oxygen atoms in total. The van der Waals surface area contributed by atoms with Gasteiger partial charge in [-0.1, -0.05) is 6.07 Å². The summed E-state index contributed by atoms with van der Waals surface area (Å²) in [5, 5.41) is 19.0. The number of nitro benzene ring substituents is 1. The first-order valence-corrected chi connectivity index (χ1v) is 9.41. The molecule has 0 saturated carbocycles. The van der Waals surface area contributed by atoms with Gasteiger partial charge < -0.3 is 10.6 Å². The largest absolute Gasteiger partial charge is 0.347 e. The normalized spacial score (nSPS) is 11.0. The number of rotatable bonds is 5. The van der Waals surface area contributed by atoms with Crippen molar-refractivity contribution in [1.29, 1.82) is 0 Å². The molecule has 0 bridgehead atoms. The van der Waals surface area contributed by atoms with Crippen LogP contribution < -0.4 is 16.0 Å². The van der Waals surface area contributed by atoms with Crippen LogP contribution >= 0.6 is 12.2 Å². The molecule has 0 heterocycles. The number of hydrogen-bond acceptors (Lipinski definition) is 5. The van der Waals surface area contributed by atoms with E-state index >= 15 is 0 Å². The van der Waals surface area contributed by atoms with Gasteiger partial charge in [0.2, 0.25) is 5.91 Å². The maximum atomic E-state index is 12.3. The first-order valence-electron chi connectivity index (χ1n) is 9.00. The smallest absolute Gasteiger partial charge is 0.269 e. The molecule has 0 unspecified atom stereocenters. The zero-order valence-electron chi connectivity index (χ0n) is 16.8. The first-order chi connectivity index (χ1) is 14.0. The van der Waals surface area contributed by atoms with Crippen molar-refractivity contribution in [2.24, 2.45) is 0 Å². The summed E-state index contributed by atoms with van der Waals surface area (Å²) in [6, 6.07) is 12.5. The highest BCUT2D eigenvalue weighted by molar-refractivity contribution is 7.80. The Hall–Kier alpha value is -3.59. The van der Waals surface area contributed by atoms with E-state index in [0.717, 1.165) is 0 Å². The van der Waals surface area contributed by atoms with Crippen molar-refractivity contribution in [2.45, 2.75) is 26.3 Å². The van der Waals surface area contributed by atoms with Gasteiger partial charge in [0.15, 0.2) is 5.11 Å². The van der Waals surface area contributed by atoms with Gasteiger partial charge in [0.05, 0.1) is 4.92 Å².